The maximum atomic E-state index is 10.9. The van der Waals surface area contributed by atoms with Gasteiger partial charge in [-0.25, -0.2) is 4.79 Å². The topological polar surface area (TPSA) is 61.1 Å². The van der Waals surface area contributed by atoms with Crippen molar-refractivity contribution in [3.63, 3.8) is 0 Å². The summed E-state index contributed by atoms with van der Waals surface area (Å²) in [5, 5.41) is 18.2. The smallest absolute Gasteiger partial charge is 0.335 e. The molecule has 2 aromatic rings. The summed E-state index contributed by atoms with van der Waals surface area (Å²) < 4.78 is 0. The first-order chi connectivity index (χ1) is 8.72. The number of carboxylic acid groups (broad SMARTS) is 1. The third-order valence-corrected chi connectivity index (χ3v) is 2.73. The summed E-state index contributed by atoms with van der Waals surface area (Å²) in [4.78, 5) is 10.9. The molecule has 0 bridgehead atoms. The number of nitrogens with zero attached hydrogens (tertiary/aromatic N) is 1. The summed E-state index contributed by atoms with van der Waals surface area (Å²) in [7, 11) is 0. The molecule has 0 radical (unpaired) electrons. The first-order valence-electron chi connectivity index (χ1n) is 5.50. The molecule has 1 atom stereocenters. The molecule has 88 valence electrons. The van der Waals surface area contributed by atoms with Crippen molar-refractivity contribution >= 4 is 5.97 Å². The highest BCUT2D eigenvalue weighted by molar-refractivity contribution is 5.87. The van der Waals surface area contributed by atoms with Gasteiger partial charge in [-0.2, -0.15) is 5.26 Å². The molecule has 1 N–H and O–H groups in total. The fraction of sp³-hybridized carbons (Fsp3) is 0.0667. The monoisotopic (exact) mass is 237 g/mol. The number of rotatable bonds is 3. The van der Waals surface area contributed by atoms with Crippen molar-refractivity contribution in [3.8, 4) is 6.07 Å². The molecule has 0 spiro atoms. The number of aromatic carboxylic acids is 1. The lowest BCUT2D eigenvalue weighted by molar-refractivity contribution is 0.0697. The van der Waals surface area contributed by atoms with Crippen LogP contribution in [-0.4, -0.2) is 11.1 Å². The molecule has 0 aromatic heterocycles. The number of nitriles is 1. The second kappa shape index (κ2) is 5.15. The summed E-state index contributed by atoms with van der Waals surface area (Å²) in [5.41, 5.74) is 1.76. The van der Waals surface area contributed by atoms with Crippen LogP contribution in [0.25, 0.3) is 0 Å². The van der Waals surface area contributed by atoms with Crippen molar-refractivity contribution in [3.05, 3.63) is 71.3 Å². The van der Waals surface area contributed by atoms with Crippen LogP contribution in [0, 0.1) is 11.3 Å². The van der Waals surface area contributed by atoms with Gasteiger partial charge in [0, 0.05) is 0 Å². The minimum atomic E-state index is -0.985. The number of benzene rings is 2. The van der Waals surface area contributed by atoms with Gasteiger partial charge >= 0.3 is 5.97 Å². The minimum Gasteiger partial charge on any atom is -0.478 e. The zero-order chi connectivity index (χ0) is 13.0. The molecule has 2 aromatic carbocycles. The van der Waals surface area contributed by atoms with E-state index in [1.54, 1.807) is 18.2 Å². The van der Waals surface area contributed by atoms with E-state index < -0.39 is 11.9 Å². The van der Waals surface area contributed by atoms with Gasteiger partial charge < -0.3 is 5.11 Å². The van der Waals surface area contributed by atoms with Crippen LogP contribution >= 0.6 is 0 Å². The first kappa shape index (κ1) is 11.9. The first-order valence-corrected chi connectivity index (χ1v) is 5.50. The van der Waals surface area contributed by atoms with E-state index in [1.807, 2.05) is 30.3 Å². The Morgan fingerprint density at radius 1 is 1.06 bits per heavy atom. The predicted molar refractivity (Wildman–Crippen MR) is 67.3 cm³/mol. The van der Waals surface area contributed by atoms with Gasteiger partial charge in [0.1, 0.15) is 0 Å². The Hall–Kier alpha value is -2.60. The molecule has 3 heteroatoms. The average Bonchev–Trinajstić information content (AvgIpc) is 2.41. The molecular weight excluding hydrogens is 226 g/mol. The van der Waals surface area contributed by atoms with E-state index in [0.29, 0.717) is 5.56 Å². The Morgan fingerprint density at radius 3 is 2.33 bits per heavy atom. The fourth-order valence-corrected chi connectivity index (χ4v) is 1.84. The Labute approximate surface area is 105 Å². The normalized spacial score (nSPS) is 11.5. The predicted octanol–water partition coefficient (Wildman–Crippen LogP) is 3.04. The lowest BCUT2D eigenvalue weighted by atomic mass is 9.92. The van der Waals surface area contributed by atoms with E-state index >= 15 is 0 Å². The highest BCUT2D eigenvalue weighted by Gasteiger charge is 2.14. The minimum absolute atomic E-state index is 0.198. The van der Waals surface area contributed by atoms with Crippen molar-refractivity contribution in [1.82, 2.24) is 0 Å². The summed E-state index contributed by atoms with van der Waals surface area (Å²) in [6.45, 7) is 0. The molecule has 0 heterocycles. The Balaban J connectivity index is 2.44. The van der Waals surface area contributed by atoms with E-state index in [9.17, 15) is 10.1 Å². The Morgan fingerprint density at radius 2 is 1.72 bits per heavy atom. The van der Waals surface area contributed by atoms with E-state index in [-0.39, 0.29) is 5.56 Å². The standard InChI is InChI=1S/C15H11NO2/c16-10-14(11-5-2-1-3-6-11)12-7-4-8-13(9-12)15(17)18/h1-9,14H,(H,17,18). The van der Waals surface area contributed by atoms with Gasteiger partial charge in [-0.15, -0.1) is 0 Å². The van der Waals surface area contributed by atoms with Gasteiger partial charge in [0.05, 0.1) is 17.6 Å². The van der Waals surface area contributed by atoms with E-state index in [2.05, 4.69) is 6.07 Å². The lowest BCUT2D eigenvalue weighted by Gasteiger charge is -2.10. The Kier molecular flexibility index (Phi) is 3.40. The molecule has 1 unspecified atom stereocenters. The summed E-state index contributed by atoms with van der Waals surface area (Å²) in [6, 6.07) is 18.0. The van der Waals surface area contributed by atoms with Crippen molar-refractivity contribution < 1.29 is 9.90 Å². The molecule has 0 aliphatic carbocycles. The van der Waals surface area contributed by atoms with Gasteiger partial charge in [0.2, 0.25) is 0 Å². The van der Waals surface area contributed by atoms with E-state index in [0.717, 1.165) is 5.56 Å². The summed E-state index contributed by atoms with van der Waals surface area (Å²) in [5.74, 6) is -1.42. The molecule has 0 saturated heterocycles. The molecule has 3 nitrogen and oxygen atoms in total. The van der Waals surface area contributed by atoms with Crippen molar-refractivity contribution in [2.24, 2.45) is 0 Å². The quantitative estimate of drug-likeness (QED) is 0.892. The van der Waals surface area contributed by atoms with Crippen molar-refractivity contribution in [2.75, 3.05) is 0 Å². The molecule has 0 fully saturated rings. The molecule has 0 aliphatic heterocycles. The van der Waals surface area contributed by atoms with Crippen LogP contribution in [-0.2, 0) is 0 Å². The van der Waals surface area contributed by atoms with Gasteiger partial charge in [-0.1, -0.05) is 42.5 Å². The van der Waals surface area contributed by atoms with Gasteiger partial charge in [0.15, 0.2) is 0 Å². The number of hydrogen-bond donors (Lipinski definition) is 1. The third kappa shape index (κ3) is 2.38. The molecular formula is C15H11NO2. The molecule has 18 heavy (non-hydrogen) atoms. The van der Waals surface area contributed by atoms with Crippen LogP contribution in [0.4, 0.5) is 0 Å². The van der Waals surface area contributed by atoms with Crippen LogP contribution in [0.1, 0.15) is 27.4 Å². The largest absolute Gasteiger partial charge is 0.478 e. The molecule has 2 rings (SSSR count). The van der Waals surface area contributed by atoms with E-state index in [4.69, 9.17) is 5.11 Å². The SMILES string of the molecule is N#CC(c1ccccc1)c1cccc(C(=O)O)c1. The Bertz CT molecular complexity index is 599. The number of hydrogen-bond acceptors (Lipinski definition) is 2. The molecule has 0 aliphatic rings. The third-order valence-electron chi connectivity index (χ3n) is 2.73. The second-order valence-corrected chi connectivity index (χ2v) is 3.90. The van der Waals surface area contributed by atoms with Crippen LogP contribution in [0.15, 0.2) is 54.6 Å². The van der Waals surface area contributed by atoms with Gasteiger partial charge in [-0.3, -0.25) is 0 Å². The van der Waals surface area contributed by atoms with Crippen LogP contribution in [0.5, 0.6) is 0 Å². The van der Waals surface area contributed by atoms with E-state index in [1.165, 1.54) is 6.07 Å². The fourth-order valence-electron chi connectivity index (χ4n) is 1.84. The van der Waals surface area contributed by atoms with Gasteiger partial charge in [-0.05, 0) is 23.3 Å². The number of carboxylic acids is 1. The highest BCUT2D eigenvalue weighted by Crippen LogP contribution is 2.24. The zero-order valence-electron chi connectivity index (χ0n) is 9.58. The lowest BCUT2D eigenvalue weighted by Crippen LogP contribution is -2.02. The van der Waals surface area contributed by atoms with Crippen molar-refractivity contribution in [1.29, 1.82) is 5.26 Å². The summed E-state index contributed by atoms with van der Waals surface area (Å²) >= 11 is 0. The molecule has 0 amide bonds. The van der Waals surface area contributed by atoms with Gasteiger partial charge in [0.25, 0.3) is 0 Å². The second-order valence-electron chi connectivity index (χ2n) is 3.90. The van der Waals surface area contributed by atoms with Crippen LogP contribution < -0.4 is 0 Å². The molecule has 0 saturated carbocycles. The zero-order valence-corrected chi connectivity index (χ0v) is 9.58. The van der Waals surface area contributed by atoms with Crippen molar-refractivity contribution in [2.45, 2.75) is 5.92 Å². The maximum absolute atomic E-state index is 10.9. The van der Waals surface area contributed by atoms with Crippen LogP contribution in [0.2, 0.25) is 0 Å². The maximum Gasteiger partial charge on any atom is 0.335 e. The highest BCUT2D eigenvalue weighted by atomic mass is 16.4. The average molecular weight is 237 g/mol. The summed E-state index contributed by atoms with van der Waals surface area (Å²) in [6.07, 6.45) is 0. The number of carbonyl (C=O) groups is 1. The van der Waals surface area contributed by atoms with Crippen LogP contribution in [0.3, 0.4) is 0 Å².